The van der Waals surface area contributed by atoms with E-state index in [0.717, 1.165) is 68.6 Å². The summed E-state index contributed by atoms with van der Waals surface area (Å²) in [5.74, 6) is 0.236. The van der Waals surface area contributed by atoms with E-state index >= 15 is 0 Å². The van der Waals surface area contributed by atoms with Crippen LogP contribution in [0.4, 0.5) is 4.39 Å². The van der Waals surface area contributed by atoms with Crippen LogP contribution in [0.25, 0.3) is 11.3 Å². The molecular formula is C22H32ClFN4O. The Morgan fingerprint density at radius 1 is 1.24 bits per heavy atom. The number of aromatic amines is 1. The molecule has 1 amide bonds. The summed E-state index contributed by atoms with van der Waals surface area (Å²) in [7, 11) is 1.93. The van der Waals surface area contributed by atoms with E-state index < -0.39 is 0 Å². The predicted octanol–water partition coefficient (Wildman–Crippen LogP) is 4.20. The van der Waals surface area contributed by atoms with Crippen LogP contribution in [0.3, 0.4) is 0 Å². The largest absolute Gasteiger partial charge is 0.346 e. The van der Waals surface area contributed by atoms with Crippen molar-refractivity contribution in [3.05, 3.63) is 41.8 Å². The fourth-order valence-electron chi connectivity index (χ4n) is 3.88. The highest BCUT2D eigenvalue weighted by atomic mass is 35.5. The molecule has 29 heavy (non-hydrogen) atoms. The maximum absolute atomic E-state index is 13.0. The zero-order valence-corrected chi connectivity index (χ0v) is 18.1. The van der Waals surface area contributed by atoms with Gasteiger partial charge in [-0.05, 0) is 75.9 Å². The molecule has 1 fully saturated rings. The van der Waals surface area contributed by atoms with Gasteiger partial charge in [0.2, 0.25) is 5.91 Å². The molecule has 1 saturated heterocycles. The number of carbonyl (C=O) groups is 1. The molecule has 1 aromatic heterocycles. The molecule has 3 rings (SSSR count). The number of unbranched alkanes of at least 4 members (excludes halogenated alkanes) is 2. The first-order chi connectivity index (χ1) is 13.5. The van der Waals surface area contributed by atoms with Gasteiger partial charge in [0.15, 0.2) is 0 Å². The lowest BCUT2D eigenvalue weighted by atomic mass is 9.92. The molecule has 0 spiro atoms. The second-order valence-corrected chi connectivity index (χ2v) is 7.93. The van der Waals surface area contributed by atoms with Gasteiger partial charge < -0.3 is 10.2 Å². The van der Waals surface area contributed by atoms with Gasteiger partial charge in [0.05, 0.1) is 5.69 Å². The molecule has 1 aromatic carbocycles. The van der Waals surface area contributed by atoms with Crippen LogP contribution in [-0.4, -0.2) is 47.2 Å². The van der Waals surface area contributed by atoms with Crippen molar-refractivity contribution in [3.8, 4) is 11.3 Å². The average molecular weight is 423 g/mol. The second-order valence-electron chi connectivity index (χ2n) is 7.93. The summed E-state index contributed by atoms with van der Waals surface area (Å²) >= 11 is 0. The van der Waals surface area contributed by atoms with Crippen molar-refractivity contribution < 1.29 is 9.18 Å². The molecule has 0 bridgehead atoms. The summed E-state index contributed by atoms with van der Waals surface area (Å²) in [5, 5.41) is 10.8. The van der Waals surface area contributed by atoms with Gasteiger partial charge in [0.25, 0.3) is 0 Å². The van der Waals surface area contributed by atoms with Gasteiger partial charge in [0, 0.05) is 36.8 Å². The number of rotatable bonds is 8. The van der Waals surface area contributed by atoms with Crippen molar-refractivity contribution in [2.75, 3.05) is 20.1 Å². The molecular weight excluding hydrogens is 391 g/mol. The number of H-pyrrole nitrogens is 1. The van der Waals surface area contributed by atoms with Crippen LogP contribution in [0.1, 0.15) is 44.7 Å². The van der Waals surface area contributed by atoms with Crippen molar-refractivity contribution in [1.82, 2.24) is 20.4 Å². The van der Waals surface area contributed by atoms with E-state index in [0.29, 0.717) is 11.9 Å². The first kappa shape index (κ1) is 23.4. The van der Waals surface area contributed by atoms with E-state index in [9.17, 15) is 9.18 Å². The summed E-state index contributed by atoms with van der Waals surface area (Å²) in [6, 6.07) is 8.85. The number of nitrogens with zero attached hydrogens (tertiary/aromatic N) is 2. The molecule has 7 heteroatoms. The van der Waals surface area contributed by atoms with Crippen molar-refractivity contribution in [3.63, 3.8) is 0 Å². The molecule has 1 aliphatic rings. The van der Waals surface area contributed by atoms with Gasteiger partial charge in [-0.15, -0.1) is 12.4 Å². The second kappa shape index (κ2) is 11.3. The molecule has 5 nitrogen and oxygen atoms in total. The molecule has 2 aromatic rings. The molecule has 0 unspecified atom stereocenters. The van der Waals surface area contributed by atoms with Gasteiger partial charge >= 0.3 is 0 Å². The predicted molar refractivity (Wildman–Crippen MR) is 117 cm³/mol. The summed E-state index contributed by atoms with van der Waals surface area (Å²) in [5.41, 5.74) is 2.85. The summed E-state index contributed by atoms with van der Waals surface area (Å²) in [6.45, 7) is 3.91. The Morgan fingerprint density at radius 2 is 2.00 bits per heavy atom. The molecule has 2 N–H and O–H groups in total. The van der Waals surface area contributed by atoms with Crippen LogP contribution < -0.4 is 5.32 Å². The Labute approximate surface area is 178 Å². The zero-order valence-electron chi connectivity index (χ0n) is 17.3. The van der Waals surface area contributed by atoms with Gasteiger partial charge in [0.1, 0.15) is 5.82 Å². The van der Waals surface area contributed by atoms with E-state index in [1.165, 1.54) is 12.1 Å². The monoisotopic (exact) mass is 422 g/mol. The lowest BCUT2D eigenvalue weighted by Crippen LogP contribution is -2.43. The Kier molecular flexibility index (Phi) is 9.11. The third kappa shape index (κ3) is 6.82. The molecule has 2 heterocycles. The van der Waals surface area contributed by atoms with Crippen molar-refractivity contribution in [2.45, 2.75) is 51.5 Å². The molecule has 160 valence electrons. The standard InChI is InChI=1S/C22H31FN4O.ClH/c1-16-14-18(11-12-24-16)22(28)27(2)13-5-3-4-6-20-15-21(26-25-20)17-7-9-19(23)10-8-17;/h7-10,15-16,18,24H,3-6,11-14H2,1-2H3,(H,25,26);1H/t16-,18-;/m0./s1. The number of hydrogen-bond acceptors (Lipinski definition) is 3. The molecule has 2 atom stereocenters. The highest BCUT2D eigenvalue weighted by Crippen LogP contribution is 2.20. The quantitative estimate of drug-likeness (QED) is 0.627. The van der Waals surface area contributed by atoms with E-state index in [1.54, 1.807) is 12.1 Å². The normalized spacial score (nSPS) is 18.9. The van der Waals surface area contributed by atoms with Crippen LogP contribution in [-0.2, 0) is 11.2 Å². The highest BCUT2D eigenvalue weighted by molar-refractivity contribution is 5.85. The van der Waals surface area contributed by atoms with Crippen LogP contribution in [0.5, 0.6) is 0 Å². The SMILES string of the molecule is C[C@H]1C[C@@H](C(=O)N(C)CCCCCc2cc(-c3ccc(F)cc3)n[nH]2)CCN1.Cl. The van der Waals surface area contributed by atoms with E-state index in [4.69, 9.17) is 0 Å². The Morgan fingerprint density at radius 3 is 2.72 bits per heavy atom. The summed E-state index contributed by atoms with van der Waals surface area (Å²) in [4.78, 5) is 14.5. The third-order valence-corrected chi connectivity index (χ3v) is 5.56. The minimum Gasteiger partial charge on any atom is -0.346 e. The first-order valence-corrected chi connectivity index (χ1v) is 10.3. The average Bonchev–Trinajstić information content (AvgIpc) is 3.16. The van der Waals surface area contributed by atoms with Crippen LogP contribution in [0, 0.1) is 11.7 Å². The van der Waals surface area contributed by atoms with E-state index in [-0.39, 0.29) is 24.1 Å². The highest BCUT2D eigenvalue weighted by Gasteiger charge is 2.26. The van der Waals surface area contributed by atoms with Gasteiger partial charge in [-0.3, -0.25) is 9.89 Å². The number of benzene rings is 1. The van der Waals surface area contributed by atoms with Crippen LogP contribution in [0.15, 0.2) is 30.3 Å². The van der Waals surface area contributed by atoms with Crippen LogP contribution in [0.2, 0.25) is 0 Å². The Hall–Kier alpha value is -1.92. The summed E-state index contributed by atoms with van der Waals surface area (Å²) in [6.07, 6.45) is 5.96. The topological polar surface area (TPSA) is 61.0 Å². The van der Waals surface area contributed by atoms with Crippen molar-refractivity contribution in [2.24, 2.45) is 5.92 Å². The third-order valence-electron chi connectivity index (χ3n) is 5.56. The Balaban J connectivity index is 0.00000300. The summed E-state index contributed by atoms with van der Waals surface area (Å²) < 4.78 is 13.0. The molecule has 1 aliphatic heterocycles. The van der Waals surface area contributed by atoms with Gasteiger partial charge in [-0.2, -0.15) is 5.10 Å². The minimum atomic E-state index is -0.238. The van der Waals surface area contributed by atoms with E-state index in [1.807, 2.05) is 18.0 Å². The lowest BCUT2D eigenvalue weighted by Gasteiger charge is -2.30. The molecule has 0 aliphatic carbocycles. The number of hydrogen-bond donors (Lipinski definition) is 2. The first-order valence-electron chi connectivity index (χ1n) is 10.3. The Bertz CT molecular complexity index is 764. The number of aryl methyl sites for hydroxylation is 1. The maximum Gasteiger partial charge on any atom is 0.225 e. The maximum atomic E-state index is 13.0. The molecule has 0 saturated carbocycles. The van der Waals surface area contributed by atoms with Crippen molar-refractivity contribution >= 4 is 18.3 Å². The lowest BCUT2D eigenvalue weighted by molar-refractivity contribution is -0.135. The molecule has 0 radical (unpaired) electrons. The number of nitrogens with one attached hydrogen (secondary N) is 2. The number of amides is 1. The smallest absolute Gasteiger partial charge is 0.225 e. The van der Waals surface area contributed by atoms with E-state index in [2.05, 4.69) is 22.4 Å². The van der Waals surface area contributed by atoms with Gasteiger partial charge in [-0.1, -0.05) is 6.42 Å². The number of piperidine rings is 1. The number of carbonyl (C=O) groups excluding carboxylic acids is 1. The van der Waals surface area contributed by atoms with Crippen LogP contribution >= 0.6 is 12.4 Å². The zero-order chi connectivity index (χ0) is 19.9. The van der Waals surface area contributed by atoms with Gasteiger partial charge in [-0.25, -0.2) is 4.39 Å². The number of halogens is 2. The minimum absolute atomic E-state index is 0. The van der Waals surface area contributed by atoms with Crippen molar-refractivity contribution in [1.29, 1.82) is 0 Å². The number of aromatic nitrogens is 2. The fraction of sp³-hybridized carbons (Fsp3) is 0.545. The fourth-order valence-corrected chi connectivity index (χ4v) is 3.88.